The highest BCUT2D eigenvalue weighted by Crippen LogP contribution is 2.33. The van der Waals surface area contributed by atoms with Crippen molar-refractivity contribution in [2.75, 3.05) is 32.6 Å². The highest BCUT2D eigenvalue weighted by molar-refractivity contribution is 5.91. The van der Waals surface area contributed by atoms with Crippen molar-refractivity contribution in [1.82, 2.24) is 10.2 Å². The molecule has 1 heterocycles. The Balaban J connectivity index is 1.50. The van der Waals surface area contributed by atoms with Crippen LogP contribution in [0.2, 0.25) is 0 Å². The number of rotatable bonds is 6. The van der Waals surface area contributed by atoms with Gasteiger partial charge in [0.2, 0.25) is 5.91 Å². The van der Waals surface area contributed by atoms with E-state index in [9.17, 15) is 9.59 Å². The predicted molar refractivity (Wildman–Crippen MR) is 107 cm³/mol. The maximum absolute atomic E-state index is 12.5. The summed E-state index contributed by atoms with van der Waals surface area (Å²) in [6.45, 7) is 1.40. The van der Waals surface area contributed by atoms with E-state index in [4.69, 9.17) is 9.47 Å². The quantitative estimate of drug-likeness (QED) is 0.804. The van der Waals surface area contributed by atoms with Gasteiger partial charge in [-0.2, -0.15) is 0 Å². The molecule has 7 heteroatoms. The normalized spacial score (nSPS) is 12.7. The number of hydrogen-bond donors (Lipinski definition) is 2. The summed E-state index contributed by atoms with van der Waals surface area (Å²) in [6.07, 6.45) is 0.966. The van der Waals surface area contributed by atoms with Gasteiger partial charge in [-0.15, -0.1) is 0 Å². The topological polar surface area (TPSA) is 79.9 Å². The lowest BCUT2D eigenvalue weighted by Gasteiger charge is -2.29. The van der Waals surface area contributed by atoms with E-state index in [0.29, 0.717) is 24.6 Å². The second kappa shape index (κ2) is 9.12. The van der Waals surface area contributed by atoms with Crippen LogP contribution in [0.4, 0.5) is 10.5 Å². The number of methoxy groups -OCH3 is 2. The molecule has 2 N–H and O–H groups in total. The number of carbonyl (C=O) groups excluding carboxylic acids is 2. The van der Waals surface area contributed by atoms with Crippen LogP contribution in [-0.2, 0) is 17.8 Å². The van der Waals surface area contributed by atoms with E-state index in [-0.39, 0.29) is 24.9 Å². The maximum atomic E-state index is 12.5. The molecule has 1 aliphatic rings. The van der Waals surface area contributed by atoms with E-state index in [2.05, 4.69) is 10.6 Å². The average Bonchev–Trinajstić information content (AvgIpc) is 2.72. The summed E-state index contributed by atoms with van der Waals surface area (Å²) >= 11 is 0. The van der Waals surface area contributed by atoms with Crippen molar-refractivity contribution < 1.29 is 19.1 Å². The van der Waals surface area contributed by atoms with Crippen molar-refractivity contribution in [3.63, 3.8) is 0 Å². The number of benzene rings is 2. The minimum atomic E-state index is -0.173. The van der Waals surface area contributed by atoms with Gasteiger partial charge in [-0.25, -0.2) is 4.79 Å². The zero-order chi connectivity index (χ0) is 19.9. The summed E-state index contributed by atoms with van der Waals surface area (Å²) in [5.74, 6) is 1.22. The SMILES string of the molecule is COc1cc2c(cc1OC)CN(C(=O)NCCC(=O)Nc1ccccc1)CC2. The Morgan fingerprint density at radius 1 is 1.04 bits per heavy atom. The minimum absolute atomic E-state index is 0.132. The molecule has 0 saturated carbocycles. The molecule has 3 amide bonds. The number of anilines is 1. The second-order valence-electron chi connectivity index (χ2n) is 6.54. The molecule has 148 valence electrons. The summed E-state index contributed by atoms with van der Waals surface area (Å²) in [4.78, 5) is 26.2. The number of hydrogen-bond acceptors (Lipinski definition) is 4. The van der Waals surface area contributed by atoms with E-state index in [0.717, 1.165) is 23.2 Å². The van der Waals surface area contributed by atoms with Gasteiger partial charge in [0, 0.05) is 31.7 Å². The van der Waals surface area contributed by atoms with Crippen LogP contribution >= 0.6 is 0 Å². The maximum Gasteiger partial charge on any atom is 0.317 e. The number of amides is 3. The summed E-state index contributed by atoms with van der Waals surface area (Å²) < 4.78 is 10.7. The molecule has 3 rings (SSSR count). The smallest absolute Gasteiger partial charge is 0.317 e. The first-order chi connectivity index (χ1) is 13.6. The first-order valence-electron chi connectivity index (χ1n) is 9.22. The van der Waals surface area contributed by atoms with Crippen molar-refractivity contribution in [2.24, 2.45) is 0 Å². The molecule has 0 saturated heterocycles. The average molecular weight is 383 g/mol. The molecular weight excluding hydrogens is 358 g/mol. The molecule has 2 aromatic carbocycles. The van der Waals surface area contributed by atoms with Crippen LogP contribution in [0.5, 0.6) is 11.5 Å². The third-order valence-corrected chi connectivity index (χ3v) is 4.69. The fourth-order valence-corrected chi connectivity index (χ4v) is 3.20. The lowest BCUT2D eigenvalue weighted by Crippen LogP contribution is -2.43. The van der Waals surface area contributed by atoms with E-state index in [1.54, 1.807) is 19.1 Å². The lowest BCUT2D eigenvalue weighted by atomic mass is 9.99. The fourth-order valence-electron chi connectivity index (χ4n) is 3.20. The molecule has 7 nitrogen and oxygen atoms in total. The molecule has 0 fully saturated rings. The number of nitrogens with zero attached hydrogens (tertiary/aromatic N) is 1. The predicted octanol–water partition coefficient (Wildman–Crippen LogP) is 2.80. The van der Waals surface area contributed by atoms with E-state index < -0.39 is 0 Å². The zero-order valence-electron chi connectivity index (χ0n) is 16.2. The Kier molecular flexibility index (Phi) is 6.37. The van der Waals surface area contributed by atoms with Crippen LogP contribution in [0.25, 0.3) is 0 Å². The highest BCUT2D eigenvalue weighted by Gasteiger charge is 2.22. The van der Waals surface area contributed by atoms with Crippen LogP contribution in [0.1, 0.15) is 17.5 Å². The van der Waals surface area contributed by atoms with Crippen molar-refractivity contribution in [3.05, 3.63) is 53.6 Å². The highest BCUT2D eigenvalue weighted by atomic mass is 16.5. The number of carbonyl (C=O) groups is 2. The van der Waals surface area contributed by atoms with Crippen molar-refractivity contribution in [1.29, 1.82) is 0 Å². The molecule has 0 bridgehead atoms. The summed E-state index contributed by atoms with van der Waals surface area (Å²) in [5.41, 5.74) is 2.95. The third kappa shape index (κ3) is 4.73. The first-order valence-corrected chi connectivity index (χ1v) is 9.22. The van der Waals surface area contributed by atoms with Gasteiger partial charge < -0.3 is 25.0 Å². The van der Waals surface area contributed by atoms with Gasteiger partial charge >= 0.3 is 6.03 Å². The lowest BCUT2D eigenvalue weighted by molar-refractivity contribution is -0.116. The third-order valence-electron chi connectivity index (χ3n) is 4.69. The Hall–Kier alpha value is -3.22. The number of nitrogens with one attached hydrogen (secondary N) is 2. The van der Waals surface area contributed by atoms with Gasteiger partial charge in [0.15, 0.2) is 11.5 Å². The molecule has 0 aliphatic carbocycles. The second-order valence-corrected chi connectivity index (χ2v) is 6.54. The number of ether oxygens (including phenoxy) is 2. The van der Waals surface area contributed by atoms with Crippen LogP contribution in [0, 0.1) is 0 Å². The first kappa shape index (κ1) is 19.5. The Labute approximate surface area is 164 Å². The summed E-state index contributed by atoms with van der Waals surface area (Å²) in [7, 11) is 3.21. The van der Waals surface area contributed by atoms with Crippen LogP contribution in [-0.4, -0.2) is 44.1 Å². The van der Waals surface area contributed by atoms with Gasteiger partial charge in [0.1, 0.15) is 0 Å². The number of urea groups is 1. The zero-order valence-corrected chi connectivity index (χ0v) is 16.2. The number of para-hydroxylation sites is 1. The van der Waals surface area contributed by atoms with Crippen molar-refractivity contribution in [2.45, 2.75) is 19.4 Å². The van der Waals surface area contributed by atoms with Crippen LogP contribution in [0.3, 0.4) is 0 Å². The van der Waals surface area contributed by atoms with E-state index >= 15 is 0 Å². The molecule has 0 atom stereocenters. The largest absolute Gasteiger partial charge is 0.493 e. The molecule has 0 spiro atoms. The monoisotopic (exact) mass is 383 g/mol. The molecule has 2 aromatic rings. The molecule has 28 heavy (non-hydrogen) atoms. The number of fused-ring (bicyclic) bond motifs is 1. The van der Waals surface area contributed by atoms with E-state index in [1.807, 2.05) is 42.5 Å². The van der Waals surface area contributed by atoms with Gasteiger partial charge in [0.05, 0.1) is 14.2 Å². The standard InChI is InChI=1S/C21H25N3O4/c1-27-18-12-15-9-11-24(14-16(15)13-19(18)28-2)21(26)22-10-8-20(25)23-17-6-4-3-5-7-17/h3-7,12-13H,8-11,14H2,1-2H3,(H,22,26)(H,23,25). The summed E-state index contributed by atoms with van der Waals surface area (Å²) in [6, 6.07) is 13.0. The van der Waals surface area contributed by atoms with E-state index in [1.165, 1.54) is 0 Å². The molecular formula is C21H25N3O4. The van der Waals surface area contributed by atoms with Gasteiger partial charge in [-0.05, 0) is 41.8 Å². The minimum Gasteiger partial charge on any atom is -0.493 e. The van der Waals surface area contributed by atoms with Crippen LogP contribution < -0.4 is 20.1 Å². The van der Waals surface area contributed by atoms with Crippen molar-refractivity contribution in [3.8, 4) is 11.5 Å². The molecule has 1 aliphatic heterocycles. The van der Waals surface area contributed by atoms with Crippen molar-refractivity contribution >= 4 is 17.6 Å². The molecule has 0 aromatic heterocycles. The van der Waals surface area contributed by atoms with Crippen LogP contribution in [0.15, 0.2) is 42.5 Å². The fraction of sp³-hybridized carbons (Fsp3) is 0.333. The molecule has 0 radical (unpaired) electrons. The Morgan fingerprint density at radius 2 is 1.71 bits per heavy atom. The van der Waals surface area contributed by atoms with Gasteiger partial charge in [-0.1, -0.05) is 18.2 Å². The summed E-state index contributed by atoms with van der Waals surface area (Å²) in [5, 5.41) is 5.62. The van der Waals surface area contributed by atoms with Gasteiger partial charge in [-0.3, -0.25) is 4.79 Å². The Bertz CT molecular complexity index is 839. The molecule has 0 unspecified atom stereocenters. The van der Waals surface area contributed by atoms with Gasteiger partial charge in [0.25, 0.3) is 0 Å². The Morgan fingerprint density at radius 3 is 2.39 bits per heavy atom.